The second kappa shape index (κ2) is 3.86. The number of allylic oxidation sites excluding steroid dienone is 3. The van der Waals surface area contributed by atoms with Crippen LogP contribution < -0.4 is 0 Å². The van der Waals surface area contributed by atoms with Crippen LogP contribution in [0.3, 0.4) is 0 Å². The number of hydrogen-bond acceptors (Lipinski definition) is 1. The fourth-order valence-electron chi connectivity index (χ4n) is 0.677. The molecule has 0 fully saturated rings. The van der Waals surface area contributed by atoms with Crippen LogP contribution in [0.1, 0.15) is 6.42 Å². The Morgan fingerprint density at radius 3 is 2.36 bits per heavy atom. The van der Waals surface area contributed by atoms with Crippen molar-refractivity contribution < 1.29 is 0 Å². The summed E-state index contributed by atoms with van der Waals surface area (Å²) in [5, 5.41) is 0. The Hall–Kier alpha value is 1.75. The van der Waals surface area contributed by atoms with Crippen LogP contribution in [0, 0.1) is 0 Å². The van der Waals surface area contributed by atoms with Gasteiger partial charge in [0.15, 0.2) is 0 Å². The molecule has 0 aromatic heterocycles. The molecule has 1 rings (SSSR count). The lowest BCUT2D eigenvalue weighted by molar-refractivity contribution is 1.000. The van der Waals surface area contributed by atoms with Gasteiger partial charge in [0.25, 0.3) is 0 Å². The van der Waals surface area contributed by atoms with E-state index in [-0.39, 0.29) is 3.66 Å². The summed E-state index contributed by atoms with van der Waals surface area (Å²) in [4.78, 5) is 0. The first kappa shape index (κ1) is 10.8. The summed E-state index contributed by atoms with van der Waals surface area (Å²) < 4.78 is 2.83. The Kier molecular flexibility index (Phi) is 3.80. The smallest absolute Gasteiger partial charge is 0.104 e. The molecule has 0 N–H and O–H groups in total. The van der Waals surface area contributed by atoms with Crippen molar-refractivity contribution >= 4 is 76.3 Å². The largest absolute Gasteiger partial charge is 0.155 e. The normalized spacial score (nSPS) is 32.3. The van der Waals surface area contributed by atoms with E-state index in [9.17, 15) is 0 Å². The molecule has 1 aliphatic rings. The third kappa shape index (κ3) is 2.36. The first-order valence-corrected chi connectivity index (χ1v) is 6.40. The zero-order chi connectivity index (χ0) is 8.65. The van der Waals surface area contributed by atoms with E-state index >= 15 is 0 Å². The van der Waals surface area contributed by atoms with Gasteiger partial charge in [0, 0.05) is 13.4 Å². The Balaban J connectivity index is 3.07. The molecule has 0 aliphatic heterocycles. The summed E-state index contributed by atoms with van der Waals surface area (Å²) in [5.41, 5.74) is 0. The Bertz CT molecular complexity index is 241. The molecule has 0 nitrogen and oxygen atoms in total. The van der Waals surface area contributed by atoms with Gasteiger partial charge < -0.3 is 0 Å². The Labute approximate surface area is 105 Å². The number of thiol groups is 1. The predicted octanol–water partition coefficient (Wildman–Crippen LogP) is 4.69. The number of alkyl halides is 1. The quantitative estimate of drug-likeness (QED) is 0.421. The summed E-state index contributed by atoms with van der Waals surface area (Å²) in [6.45, 7) is 0. The average molecular weight is 428 g/mol. The SMILES string of the molecule is SC1(Br)CC=C(Br)C(Br)=C1Br. The van der Waals surface area contributed by atoms with E-state index in [1.807, 2.05) is 0 Å². The van der Waals surface area contributed by atoms with Crippen LogP contribution in [0.2, 0.25) is 0 Å². The van der Waals surface area contributed by atoms with Crippen LogP contribution in [0.5, 0.6) is 0 Å². The average Bonchev–Trinajstić information content (AvgIpc) is 1.95. The molecule has 0 amide bonds. The molecule has 0 aromatic rings. The fourth-order valence-corrected chi connectivity index (χ4v) is 3.16. The van der Waals surface area contributed by atoms with Crippen molar-refractivity contribution in [3.8, 4) is 0 Å². The molecule has 11 heavy (non-hydrogen) atoms. The first-order valence-electron chi connectivity index (χ1n) is 2.78. The molecule has 1 unspecified atom stereocenters. The summed E-state index contributed by atoms with van der Waals surface area (Å²) in [7, 11) is 0. The zero-order valence-electron chi connectivity index (χ0n) is 5.24. The Morgan fingerprint density at radius 2 is 1.91 bits per heavy atom. The van der Waals surface area contributed by atoms with Crippen LogP contribution in [0.15, 0.2) is 19.5 Å². The summed E-state index contributed by atoms with van der Waals surface area (Å²) in [5.74, 6) is 0. The maximum atomic E-state index is 4.43. The van der Waals surface area contributed by atoms with Gasteiger partial charge >= 0.3 is 0 Å². The molecule has 0 saturated heterocycles. The van der Waals surface area contributed by atoms with Crippen LogP contribution in [0.4, 0.5) is 0 Å². The Morgan fingerprint density at radius 1 is 1.36 bits per heavy atom. The molecule has 0 heterocycles. The predicted molar refractivity (Wildman–Crippen MR) is 67.2 cm³/mol. The van der Waals surface area contributed by atoms with Gasteiger partial charge in [-0.2, -0.15) is 12.6 Å². The maximum absolute atomic E-state index is 4.43. The standard InChI is InChI=1S/C6H4Br4S/c7-3-1-2-6(10,11)5(9)4(3)8/h1,11H,2H2. The highest BCUT2D eigenvalue weighted by Crippen LogP contribution is 2.48. The number of halogens is 4. The van der Waals surface area contributed by atoms with Gasteiger partial charge in [0.05, 0.1) is 0 Å². The molecule has 0 radical (unpaired) electrons. The summed E-state index contributed by atoms with van der Waals surface area (Å²) in [6, 6.07) is 0. The van der Waals surface area contributed by atoms with Gasteiger partial charge in [-0.25, -0.2) is 0 Å². The van der Waals surface area contributed by atoms with Crippen LogP contribution in [-0.4, -0.2) is 3.66 Å². The van der Waals surface area contributed by atoms with Crippen molar-refractivity contribution in [1.82, 2.24) is 0 Å². The van der Waals surface area contributed by atoms with Crippen molar-refractivity contribution in [1.29, 1.82) is 0 Å². The van der Waals surface area contributed by atoms with Gasteiger partial charge in [-0.15, -0.1) is 0 Å². The molecule has 0 saturated carbocycles. The van der Waals surface area contributed by atoms with Gasteiger partial charge in [0.2, 0.25) is 0 Å². The van der Waals surface area contributed by atoms with E-state index in [1.54, 1.807) is 0 Å². The van der Waals surface area contributed by atoms with Gasteiger partial charge in [-0.05, 0) is 38.3 Å². The van der Waals surface area contributed by atoms with Gasteiger partial charge in [-0.1, -0.05) is 37.9 Å². The molecule has 0 bridgehead atoms. The molecule has 0 spiro atoms. The molecular weight excluding hydrogens is 424 g/mol. The van der Waals surface area contributed by atoms with E-state index in [2.05, 4.69) is 82.4 Å². The van der Waals surface area contributed by atoms with Gasteiger partial charge in [0.1, 0.15) is 3.66 Å². The fraction of sp³-hybridized carbons (Fsp3) is 0.333. The second-order valence-electron chi connectivity index (χ2n) is 2.14. The van der Waals surface area contributed by atoms with E-state index in [0.717, 1.165) is 19.9 Å². The highest BCUT2D eigenvalue weighted by molar-refractivity contribution is 9.17. The maximum Gasteiger partial charge on any atom is 0.104 e. The van der Waals surface area contributed by atoms with E-state index < -0.39 is 0 Å². The zero-order valence-corrected chi connectivity index (χ0v) is 12.5. The lowest BCUT2D eigenvalue weighted by atomic mass is 10.2. The highest BCUT2D eigenvalue weighted by Gasteiger charge is 2.30. The van der Waals surface area contributed by atoms with Crippen molar-refractivity contribution in [2.24, 2.45) is 0 Å². The summed E-state index contributed by atoms with van der Waals surface area (Å²) in [6.07, 6.45) is 2.92. The third-order valence-electron chi connectivity index (χ3n) is 1.29. The van der Waals surface area contributed by atoms with E-state index in [0.29, 0.717) is 0 Å². The van der Waals surface area contributed by atoms with Gasteiger partial charge in [-0.3, -0.25) is 0 Å². The van der Waals surface area contributed by atoms with Crippen molar-refractivity contribution in [2.75, 3.05) is 0 Å². The van der Waals surface area contributed by atoms with Crippen molar-refractivity contribution in [3.63, 3.8) is 0 Å². The summed E-state index contributed by atoms with van der Waals surface area (Å²) >= 11 is 18.2. The number of rotatable bonds is 0. The van der Waals surface area contributed by atoms with Crippen molar-refractivity contribution in [2.45, 2.75) is 10.1 Å². The lowest BCUT2D eigenvalue weighted by Crippen LogP contribution is -2.14. The molecule has 1 atom stereocenters. The van der Waals surface area contributed by atoms with Crippen LogP contribution in [0.25, 0.3) is 0 Å². The molecule has 62 valence electrons. The molecule has 5 heteroatoms. The topological polar surface area (TPSA) is 0 Å². The van der Waals surface area contributed by atoms with E-state index in [4.69, 9.17) is 0 Å². The molecular formula is C6H4Br4S. The minimum atomic E-state index is -0.261. The highest BCUT2D eigenvalue weighted by atomic mass is 79.9. The third-order valence-corrected chi connectivity index (χ3v) is 6.94. The number of hydrogen-bond donors (Lipinski definition) is 1. The molecule has 0 aromatic carbocycles. The second-order valence-corrected chi connectivity index (χ2v) is 7.31. The minimum Gasteiger partial charge on any atom is -0.155 e. The van der Waals surface area contributed by atoms with Crippen LogP contribution >= 0.6 is 76.3 Å². The van der Waals surface area contributed by atoms with Crippen molar-refractivity contribution in [3.05, 3.63) is 19.5 Å². The van der Waals surface area contributed by atoms with Crippen LogP contribution in [-0.2, 0) is 0 Å². The van der Waals surface area contributed by atoms with E-state index in [1.165, 1.54) is 0 Å². The first-order chi connectivity index (χ1) is 4.95. The lowest BCUT2D eigenvalue weighted by Gasteiger charge is -2.24. The monoisotopic (exact) mass is 424 g/mol. The molecule has 1 aliphatic carbocycles. The minimum absolute atomic E-state index is 0.261.